The molecular weight excluding hydrogens is 214 g/mol. The molecule has 0 aliphatic carbocycles. The lowest BCUT2D eigenvalue weighted by molar-refractivity contribution is 1.08. The maximum atomic E-state index is 5.64. The second-order valence-electron chi connectivity index (χ2n) is 2.85. The van der Waals surface area contributed by atoms with Crippen LogP contribution in [0.3, 0.4) is 0 Å². The van der Waals surface area contributed by atoms with Crippen LogP contribution in [0.1, 0.15) is 5.56 Å². The summed E-state index contributed by atoms with van der Waals surface area (Å²) in [5, 5.41) is 2.09. The van der Waals surface area contributed by atoms with Crippen LogP contribution < -0.4 is 5.73 Å². The third kappa shape index (κ3) is 2.15. The minimum Gasteiger partial charge on any atom is -0.326 e. The minimum atomic E-state index is 0. The fraction of sp³-hybridized carbons (Fsp3) is 0.0909. The Hall–Kier alpha value is -0.830. The number of hydrogen-bond acceptors (Lipinski definition) is 2. The molecular formula is C11H12ClNS. The average molecular weight is 226 g/mol. The lowest BCUT2D eigenvalue weighted by Gasteiger charge is -2.00. The van der Waals surface area contributed by atoms with Crippen LogP contribution >= 0.6 is 23.7 Å². The van der Waals surface area contributed by atoms with Crippen molar-refractivity contribution in [3.8, 4) is 10.4 Å². The quantitative estimate of drug-likeness (QED) is 0.834. The first-order chi connectivity index (χ1) is 6.42. The Morgan fingerprint density at radius 2 is 1.79 bits per heavy atom. The Bertz CT molecular complexity index is 383. The van der Waals surface area contributed by atoms with Crippen molar-refractivity contribution in [1.82, 2.24) is 0 Å². The molecule has 1 heterocycles. The van der Waals surface area contributed by atoms with Gasteiger partial charge in [0.1, 0.15) is 0 Å². The van der Waals surface area contributed by atoms with Crippen LogP contribution in [-0.2, 0) is 6.54 Å². The van der Waals surface area contributed by atoms with Gasteiger partial charge in [0, 0.05) is 11.4 Å². The zero-order chi connectivity index (χ0) is 9.10. The van der Waals surface area contributed by atoms with E-state index in [9.17, 15) is 0 Å². The third-order valence-corrected chi connectivity index (χ3v) is 3.01. The second kappa shape index (κ2) is 5.15. The van der Waals surface area contributed by atoms with E-state index in [4.69, 9.17) is 5.73 Å². The van der Waals surface area contributed by atoms with E-state index in [0.29, 0.717) is 6.54 Å². The van der Waals surface area contributed by atoms with Crippen molar-refractivity contribution >= 4 is 23.7 Å². The zero-order valence-electron chi connectivity index (χ0n) is 7.64. The predicted octanol–water partition coefficient (Wildman–Crippen LogP) is 3.30. The topological polar surface area (TPSA) is 26.0 Å². The van der Waals surface area contributed by atoms with Gasteiger partial charge in [-0.05, 0) is 22.6 Å². The molecule has 0 spiro atoms. The normalized spacial score (nSPS) is 9.50. The first-order valence-corrected chi connectivity index (χ1v) is 5.11. The zero-order valence-corrected chi connectivity index (χ0v) is 9.28. The monoisotopic (exact) mass is 225 g/mol. The van der Waals surface area contributed by atoms with Crippen LogP contribution in [0.2, 0.25) is 0 Å². The lowest BCUT2D eigenvalue weighted by Crippen LogP contribution is -1.95. The second-order valence-corrected chi connectivity index (χ2v) is 3.76. The van der Waals surface area contributed by atoms with Crippen molar-refractivity contribution in [3.05, 3.63) is 47.3 Å². The summed E-state index contributed by atoms with van der Waals surface area (Å²) in [6.07, 6.45) is 0. The summed E-state index contributed by atoms with van der Waals surface area (Å²) < 4.78 is 0. The molecule has 14 heavy (non-hydrogen) atoms. The summed E-state index contributed by atoms with van der Waals surface area (Å²) in [6.45, 7) is 0.619. The Morgan fingerprint density at radius 1 is 1.07 bits per heavy atom. The molecule has 0 saturated heterocycles. The highest BCUT2D eigenvalue weighted by molar-refractivity contribution is 7.13. The van der Waals surface area contributed by atoms with Crippen LogP contribution in [-0.4, -0.2) is 0 Å². The summed E-state index contributed by atoms with van der Waals surface area (Å²) >= 11 is 1.75. The molecule has 0 radical (unpaired) electrons. The number of halogens is 1. The number of hydrogen-bond donors (Lipinski definition) is 1. The molecule has 0 aliphatic heterocycles. The van der Waals surface area contributed by atoms with Gasteiger partial charge in [0.2, 0.25) is 0 Å². The summed E-state index contributed by atoms with van der Waals surface area (Å²) in [5.74, 6) is 0. The fourth-order valence-electron chi connectivity index (χ4n) is 1.34. The van der Waals surface area contributed by atoms with E-state index in [1.54, 1.807) is 11.3 Å². The van der Waals surface area contributed by atoms with Gasteiger partial charge >= 0.3 is 0 Å². The van der Waals surface area contributed by atoms with Crippen molar-refractivity contribution in [2.75, 3.05) is 0 Å². The number of benzene rings is 1. The molecule has 0 atom stereocenters. The van der Waals surface area contributed by atoms with E-state index in [1.165, 1.54) is 16.0 Å². The van der Waals surface area contributed by atoms with Gasteiger partial charge in [-0.1, -0.05) is 30.3 Å². The SMILES string of the molecule is Cl.NCc1ccsc1-c1ccccc1. The molecule has 0 bridgehead atoms. The van der Waals surface area contributed by atoms with E-state index in [0.717, 1.165) is 0 Å². The van der Waals surface area contributed by atoms with E-state index in [1.807, 2.05) is 6.07 Å². The summed E-state index contributed by atoms with van der Waals surface area (Å²) in [4.78, 5) is 1.29. The number of rotatable bonds is 2. The van der Waals surface area contributed by atoms with E-state index < -0.39 is 0 Å². The highest BCUT2D eigenvalue weighted by Crippen LogP contribution is 2.28. The molecule has 0 aliphatic rings. The smallest absolute Gasteiger partial charge is 0.0387 e. The third-order valence-electron chi connectivity index (χ3n) is 2.00. The summed E-state index contributed by atoms with van der Waals surface area (Å²) in [6, 6.07) is 12.5. The van der Waals surface area contributed by atoms with Gasteiger partial charge in [0.15, 0.2) is 0 Å². The predicted molar refractivity (Wildman–Crippen MR) is 64.9 cm³/mol. The van der Waals surface area contributed by atoms with Crippen molar-refractivity contribution < 1.29 is 0 Å². The molecule has 0 unspecified atom stereocenters. The molecule has 2 N–H and O–H groups in total. The Balaban J connectivity index is 0.000000980. The van der Waals surface area contributed by atoms with Crippen LogP contribution in [0.5, 0.6) is 0 Å². The van der Waals surface area contributed by atoms with Gasteiger partial charge in [-0.15, -0.1) is 23.7 Å². The van der Waals surface area contributed by atoms with Crippen molar-refractivity contribution in [2.45, 2.75) is 6.54 Å². The van der Waals surface area contributed by atoms with Gasteiger partial charge in [0.05, 0.1) is 0 Å². The van der Waals surface area contributed by atoms with E-state index >= 15 is 0 Å². The standard InChI is InChI=1S/C11H11NS.ClH/c12-8-10-6-7-13-11(10)9-4-2-1-3-5-9;/h1-7H,8,12H2;1H. The fourth-order valence-corrected chi connectivity index (χ4v) is 2.28. The van der Waals surface area contributed by atoms with Crippen LogP contribution in [0.25, 0.3) is 10.4 Å². The van der Waals surface area contributed by atoms with Crippen molar-refractivity contribution in [3.63, 3.8) is 0 Å². The van der Waals surface area contributed by atoms with Gasteiger partial charge in [-0.2, -0.15) is 0 Å². The highest BCUT2D eigenvalue weighted by atomic mass is 35.5. The molecule has 0 saturated carbocycles. The van der Waals surface area contributed by atoms with Crippen LogP contribution in [0.15, 0.2) is 41.8 Å². The van der Waals surface area contributed by atoms with Crippen molar-refractivity contribution in [1.29, 1.82) is 0 Å². The summed E-state index contributed by atoms with van der Waals surface area (Å²) in [5.41, 5.74) is 8.13. The Morgan fingerprint density at radius 3 is 2.43 bits per heavy atom. The Labute approximate surface area is 94.0 Å². The summed E-state index contributed by atoms with van der Waals surface area (Å²) in [7, 11) is 0. The minimum absolute atomic E-state index is 0. The van der Waals surface area contributed by atoms with Gasteiger partial charge in [-0.3, -0.25) is 0 Å². The van der Waals surface area contributed by atoms with Crippen molar-refractivity contribution in [2.24, 2.45) is 5.73 Å². The van der Waals surface area contributed by atoms with Gasteiger partial charge in [-0.25, -0.2) is 0 Å². The maximum Gasteiger partial charge on any atom is 0.0387 e. The molecule has 2 rings (SSSR count). The number of thiophene rings is 1. The maximum absolute atomic E-state index is 5.64. The van der Waals surface area contributed by atoms with Crippen LogP contribution in [0, 0.1) is 0 Å². The first-order valence-electron chi connectivity index (χ1n) is 4.23. The van der Waals surface area contributed by atoms with E-state index in [-0.39, 0.29) is 12.4 Å². The molecule has 1 aromatic carbocycles. The molecule has 1 nitrogen and oxygen atoms in total. The van der Waals surface area contributed by atoms with Crippen LogP contribution in [0.4, 0.5) is 0 Å². The molecule has 0 amide bonds. The number of nitrogens with two attached hydrogens (primary N) is 1. The van der Waals surface area contributed by atoms with Gasteiger partial charge in [0.25, 0.3) is 0 Å². The average Bonchev–Trinajstić information content (AvgIpc) is 2.67. The highest BCUT2D eigenvalue weighted by Gasteiger charge is 2.03. The first kappa shape index (κ1) is 11.2. The largest absolute Gasteiger partial charge is 0.326 e. The molecule has 74 valence electrons. The molecule has 2 aromatic rings. The van der Waals surface area contributed by atoms with E-state index in [2.05, 4.69) is 35.7 Å². The lowest BCUT2D eigenvalue weighted by atomic mass is 10.1. The molecule has 0 fully saturated rings. The molecule has 1 aromatic heterocycles. The molecule has 3 heteroatoms. The Kier molecular flexibility index (Phi) is 4.14. The van der Waals surface area contributed by atoms with Gasteiger partial charge < -0.3 is 5.73 Å².